The molecule has 6 rings (SSSR count). The van der Waals surface area contributed by atoms with E-state index in [4.69, 9.17) is 9.47 Å². The molecular formula is C40H53ClF2N6O5. The van der Waals surface area contributed by atoms with E-state index in [0.717, 1.165) is 70.3 Å². The van der Waals surface area contributed by atoms with Crippen LogP contribution in [-0.4, -0.2) is 80.4 Å². The van der Waals surface area contributed by atoms with Crippen molar-refractivity contribution >= 4 is 30.4 Å². The number of carbonyl (C=O) groups excluding carboxylic acids is 3. The van der Waals surface area contributed by atoms with Gasteiger partial charge >= 0.3 is 12.2 Å². The minimum atomic E-state index is -0.671. The highest BCUT2D eigenvalue weighted by Gasteiger charge is 2.40. The molecule has 14 heteroatoms. The number of ether oxygens (including phenoxy) is 2. The van der Waals surface area contributed by atoms with Crippen molar-refractivity contribution in [1.29, 1.82) is 10.5 Å². The molecule has 2 aromatic carbocycles. The van der Waals surface area contributed by atoms with Gasteiger partial charge in [-0.05, 0) is 107 Å². The molecule has 2 amide bonds. The summed E-state index contributed by atoms with van der Waals surface area (Å²) in [4.78, 5) is 36.0. The zero-order chi connectivity index (χ0) is 38.3. The molecule has 3 N–H and O–H groups in total. The summed E-state index contributed by atoms with van der Waals surface area (Å²) in [5, 5.41) is 27.9. The van der Waals surface area contributed by atoms with Crippen LogP contribution in [0.1, 0.15) is 89.2 Å². The van der Waals surface area contributed by atoms with Crippen molar-refractivity contribution in [2.75, 3.05) is 39.4 Å². The SMILES string of the molecule is CCOC(=O)N[C@H]1CCN(C2CCC(C#N)(c3cccc(F)c3)CC2)C1.CCOC(=O)N[C@H]1CCNC1.Cl.N#CC1(c2cccc(F)c2)CCC(=O)CC1. The summed E-state index contributed by atoms with van der Waals surface area (Å²) in [7, 11) is 0. The van der Waals surface area contributed by atoms with Gasteiger partial charge in [-0.2, -0.15) is 10.5 Å². The highest BCUT2D eigenvalue weighted by molar-refractivity contribution is 5.85. The van der Waals surface area contributed by atoms with Gasteiger partial charge in [0.15, 0.2) is 0 Å². The first-order chi connectivity index (χ1) is 25.5. The number of benzene rings is 2. The van der Waals surface area contributed by atoms with E-state index in [1.54, 1.807) is 32.0 Å². The Morgan fingerprint density at radius 2 is 1.35 bits per heavy atom. The second-order valence-electron chi connectivity index (χ2n) is 14.1. The number of carbonyl (C=O) groups is 3. The van der Waals surface area contributed by atoms with Crippen molar-refractivity contribution in [3.05, 3.63) is 71.3 Å². The number of rotatable bonds is 7. The average molecular weight is 771 g/mol. The smallest absolute Gasteiger partial charge is 0.407 e. The maximum absolute atomic E-state index is 13.6. The van der Waals surface area contributed by atoms with E-state index >= 15 is 0 Å². The van der Waals surface area contributed by atoms with Crippen molar-refractivity contribution in [1.82, 2.24) is 20.9 Å². The van der Waals surface area contributed by atoms with Gasteiger partial charge in [0.25, 0.3) is 0 Å². The first-order valence-electron chi connectivity index (χ1n) is 18.7. The van der Waals surface area contributed by atoms with E-state index in [2.05, 4.69) is 33.0 Å². The highest BCUT2D eigenvalue weighted by atomic mass is 35.5. The van der Waals surface area contributed by atoms with Crippen molar-refractivity contribution in [3.63, 3.8) is 0 Å². The zero-order valence-electron chi connectivity index (χ0n) is 31.2. The number of likely N-dealkylation sites (tertiary alicyclic amines) is 1. The Labute approximate surface area is 323 Å². The van der Waals surface area contributed by atoms with Gasteiger partial charge < -0.3 is 25.4 Å². The predicted octanol–water partition coefficient (Wildman–Crippen LogP) is 6.60. The van der Waals surface area contributed by atoms with Gasteiger partial charge in [0, 0.05) is 50.6 Å². The second kappa shape index (κ2) is 21.6. The Kier molecular flexibility index (Phi) is 17.6. The lowest BCUT2D eigenvalue weighted by molar-refractivity contribution is -0.120. The molecule has 2 saturated heterocycles. The van der Waals surface area contributed by atoms with Crippen LogP contribution in [0.15, 0.2) is 48.5 Å². The van der Waals surface area contributed by atoms with Crippen molar-refractivity contribution < 1.29 is 32.6 Å². The predicted molar refractivity (Wildman–Crippen MR) is 202 cm³/mol. The number of alkyl carbamates (subject to hydrolysis) is 2. The number of nitrogens with one attached hydrogen (secondary N) is 3. The third-order valence-corrected chi connectivity index (χ3v) is 10.6. The maximum atomic E-state index is 13.6. The normalized spacial score (nSPS) is 24.4. The van der Waals surface area contributed by atoms with Gasteiger partial charge in [0.1, 0.15) is 17.4 Å². The minimum Gasteiger partial charge on any atom is -0.450 e. The van der Waals surface area contributed by atoms with Crippen LogP contribution in [0.5, 0.6) is 0 Å². The molecule has 0 spiro atoms. The van der Waals surface area contributed by atoms with Crippen LogP contribution in [0.2, 0.25) is 0 Å². The maximum Gasteiger partial charge on any atom is 0.407 e. The van der Waals surface area contributed by atoms with Crippen LogP contribution in [0, 0.1) is 34.3 Å². The van der Waals surface area contributed by atoms with E-state index in [1.165, 1.54) is 24.3 Å². The van der Waals surface area contributed by atoms with Crippen LogP contribution < -0.4 is 16.0 Å². The Bertz CT molecular complexity index is 1610. The number of hydrogen-bond donors (Lipinski definition) is 3. The standard InChI is InChI=1S/C20H26FN3O2.C13H12FNO.C7H14N2O2.ClH/c1-2-26-19(25)23-17-8-11-24(13-17)18-6-9-20(14-22,10-7-18)15-4-3-5-16(21)12-15;14-11-3-1-2-10(8-11)13(9-15)6-4-12(16)5-7-13;1-2-11-7(10)9-6-3-4-8-5-6;/h3-5,12,17-18H,2,6-11,13H2,1H3,(H,23,25);1-3,8H,4-7H2;6,8H,2-5H2,1H3,(H,9,10);1H/t17-,18?,20?;;6-;/m0.0./s1. The van der Waals surface area contributed by atoms with Crippen LogP contribution in [0.25, 0.3) is 0 Å². The van der Waals surface area contributed by atoms with E-state index in [0.29, 0.717) is 50.5 Å². The Morgan fingerprint density at radius 3 is 1.81 bits per heavy atom. The van der Waals surface area contributed by atoms with Gasteiger partial charge in [0.2, 0.25) is 0 Å². The number of hydrogen-bond acceptors (Lipinski definition) is 9. The molecule has 4 fully saturated rings. The van der Waals surface area contributed by atoms with E-state index in [9.17, 15) is 33.7 Å². The third-order valence-electron chi connectivity index (χ3n) is 10.6. The van der Waals surface area contributed by atoms with E-state index in [1.807, 2.05) is 6.07 Å². The van der Waals surface area contributed by atoms with Crippen LogP contribution in [-0.2, 0) is 25.1 Å². The molecule has 54 heavy (non-hydrogen) atoms. The van der Waals surface area contributed by atoms with Gasteiger partial charge in [-0.15, -0.1) is 12.4 Å². The fourth-order valence-electron chi connectivity index (χ4n) is 7.61. The molecular weight excluding hydrogens is 718 g/mol. The molecule has 0 unspecified atom stereocenters. The average Bonchev–Trinajstić information content (AvgIpc) is 3.85. The lowest BCUT2D eigenvalue weighted by atomic mass is 9.69. The van der Waals surface area contributed by atoms with Gasteiger partial charge in [-0.3, -0.25) is 9.69 Å². The number of amides is 2. The first kappa shape index (κ1) is 44.1. The monoisotopic (exact) mass is 770 g/mol. The number of ketones is 1. The summed E-state index contributed by atoms with van der Waals surface area (Å²) >= 11 is 0. The van der Waals surface area contributed by atoms with E-state index in [-0.39, 0.29) is 54.1 Å². The first-order valence-corrected chi connectivity index (χ1v) is 18.7. The molecule has 294 valence electrons. The summed E-state index contributed by atoms with van der Waals surface area (Å²) < 4.78 is 36.4. The fraction of sp³-hybridized carbons (Fsp3) is 0.575. The largest absolute Gasteiger partial charge is 0.450 e. The molecule has 2 saturated carbocycles. The topological polar surface area (TPSA) is 157 Å². The molecule has 0 aromatic heterocycles. The third kappa shape index (κ3) is 12.4. The molecule has 0 radical (unpaired) electrons. The number of nitriles is 2. The van der Waals surface area contributed by atoms with Gasteiger partial charge in [0.05, 0.1) is 36.2 Å². The quantitative estimate of drug-likeness (QED) is 0.283. The molecule has 2 aromatic rings. The second-order valence-corrected chi connectivity index (χ2v) is 14.1. The lowest BCUT2D eigenvalue weighted by Gasteiger charge is -2.39. The van der Waals surface area contributed by atoms with Crippen LogP contribution >= 0.6 is 12.4 Å². The summed E-state index contributed by atoms with van der Waals surface area (Å²) in [6.45, 7) is 8.02. The molecule has 4 aliphatic rings. The Morgan fingerprint density at radius 1 is 0.833 bits per heavy atom. The number of halogens is 3. The fourth-order valence-corrected chi connectivity index (χ4v) is 7.61. The zero-order valence-corrected chi connectivity index (χ0v) is 32.0. The molecule has 0 bridgehead atoms. The summed E-state index contributed by atoms with van der Waals surface area (Å²) in [6, 6.07) is 18.1. The Hall–Kier alpha value is -4.30. The van der Waals surface area contributed by atoms with Crippen LogP contribution in [0.3, 0.4) is 0 Å². The number of Topliss-reactive ketones (excluding diaryl/α,β-unsaturated/α-hetero) is 1. The molecule has 2 heterocycles. The van der Waals surface area contributed by atoms with Crippen molar-refractivity contribution in [3.8, 4) is 12.1 Å². The molecule has 2 atom stereocenters. The molecule has 2 aliphatic heterocycles. The van der Waals surface area contributed by atoms with Gasteiger partial charge in [-0.25, -0.2) is 18.4 Å². The van der Waals surface area contributed by atoms with Gasteiger partial charge in [-0.1, -0.05) is 24.3 Å². The highest BCUT2D eigenvalue weighted by Crippen LogP contribution is 2.41. The summed E-state index contributed by atoms with van der Waals surface area (Å²) in [5.74, 6) is -0.419. The van der Waals surface area contributed by atoms with Crippen molar-refractivity contribution in [2.45, 2.75) is 107 Å². The van der Waals surface area contributed by atoms with E-state index < -0.39 is 10.8 Å². The number of nitrogens with zero attached hydrogens (tertiary/aromatic N) is 3. The minimum absolute atomic E-state index is 0. The Balaban J connectivity index is 0.000000238. The van der Waals surface area contributed by atoms with Crippen molar-refractivity contribution in [2.24, 2.45) is 0 Å². The summed E-state index contributed by atoms with van der Waals surface area (Å²) in [6.07, 6.45) is 6.42. The summed E-state index contributed by atoms with van der Waals surface area (Å²) in [5.41, 5.74) is 0.237. The lowest BCUT2D eigenvalue weighted by Crippen LogP contribution is -2.43. The van der Waals surface area contributed by atoms with Crippen LogP contribution in [0.4, 0.5) is 18.4 Å². The molecule has 11 nitrogen and oxygen atoms in total. The molecule has 2 aliphatic carbocycles.